The van der Waals surface area contributed by atoms with Gasteiger partial charge in [0, 0.05) is 38.4 Å². The van der Waals surface area contributed by atoms with Gasteiger partial charge in [0.1, 0.15) is 0 Å². The van der Waals surface area contributed by atoms with Crippen LogP contribution in [0, 0.1) is 11.8 Å². The molecule has 1 saturated carbocycles. The number of rotatable bonds is 4. The third-order valence-electron chi connectivity index (χ3n) is 5.55. The number of nitrogens with one attached hydrogen (secondary N) is 2. The lowest BCUT2D eigenvalue weighted by Gasteiger charge is -2.28. The zero-order chi connectivity index (χ0) is 16.8. The van der Waals surface area contributed by atoms with E-state index >= 15 is 0 Å². The molecule has 0 aromatic heterocycles. The van der Waals surface area contributed by atoms with Crippen LogP contribution in [0.3, 0.4) is 0 Å². The summed E-state index contributed by atoms with van der Waals surface area (Å²) in [4.78, 5) is 6.91. The summed E-state index contributed by atoms with van der Waals surface area (Å²) in [6, 6.07) is 11.3. The summed E-state index contributed by atoms with van der Waals surface area (Å²) < 4.78 is 0. The van der Waals surface area contributed by atoms with Crippen molar-refractivity contribution in [2.75, 3.05) is 31.6 Å². The van der Waals surface area contributed by atoms with Gasteiger partial charge >= 0.3 is 0 Å². The highest BCUT2D eigenvalue weighted by molar-refractivity contribution is 5.80. The SMILES string of the molecule is CN=C(NCC1CCN(c2ccccc2)C1)NC1CCC(C)CC1. The molecule has 1 aliphatic carbocycles. The summed E-state index contributed by atoms with van der Waals surface area (Å²) in [6.45, 7) is 5.66. The molecular formula is C20H32N4. The Hall–Kier alpha value is -1.71. The average molecular weight is 329 g/mol. The molecule has 1 aliphatic heterocycles. The van der Waals surface area contributed by atoms with E-state index in [0.717, 1.165) is 31.5 Å². The fourth-order valence-electron chi connectivity index (χ4n) is 3.91. The van der Waals surface area contributed by atoms with Crippen molar-refractivity contribution in [3.63, 3.8) is 0 Å². The molecule has 132 valence electrons. The van der Waals surface area contributed by atoms with Crippen LogP contribution in [0.5, 0.6) is 0 Å². The van der Waals surface area contributed by atoms with E-state index in [4.69, 9.17) is 0 Å². The molecule has 1 unspecified atom stereocenters. The molecule has 0 bridgehead atoms. The first-order chi connectivity index (χ1) is 11.7. The Balaban J connectivity index is 1.42. The van der Waals surface area contributed by atoms with Crippen LogP contribution in [-0.4, -0.2) is 38.7 Å². The number of aliphatic imine (C=N–C) groups is 1. The van der Waals surface area contributed by atoms with Crippen LogP contribution < -0.4 is 15.5 Å². The smallest absolute Gasteiger partial charge is 0.191 e. The fourth-order valence-corrected chi connectivity index (χ4v) is 3.91. The van der Waals surface area contributed by atoms with Crippen molar-refractivity contribution in [3.8, 4) is 0 Å². The first-order valence-corrected chi connectivity index (χ1v) is 9.51. The summed E-state index contributed by atoms with van der Waals surface area (Å²) >= 11 is 0. The molecule has 1 saturated heterocycles. The van der Waals surface area contributed by atoms with Gasteiger partial charge in [-0.2, -0.15) is 0 Å². The monoisotopic (exact) mass is 328 g/mol. The zero-order valence-corrected chi connectivity index (χ0v) is 15.2. The Labute approximate surface area is 146 Å². The number of benzene rings is 1. The van der Waals surface area contributed by atoms with E-state index < -0.39 is 0 Å². The second kappa shape index (κ2) is 8.41. The van der Waals surface area contributed by atoms with E-state index in [2.05, 4.69) is 57.8 Å². The molecule has 1 aromatic carbocycles. The summed E-state index contributed by atoms with van der Waals surface area (Å²) in [6.07, 6.45) is 6.46. The molecule has 2 aliphatic rings. The number of anilines is 1. The van der Waals surface area contributed by atoms with Gasteiger partial charge in [-0.05, 0) is 56.1 Å². The van der Waals surface area contributed by atoms with Gasteiger partial charge in [-0.1, -0.05) is 25.1 Å². The molecule has 3 rings (SSSR count). The molecule has 24 heavy (non-hydrogen) atoms. The normalized spacial score (nSPS) is 28.0. The van der Waals surface area contributed by atoms with Crippen LogP contribution in [0.2, 0.25) is 0 Å². The molecule has 1 heterocycles. The lowest BCUT2D eigenvalue weighted by molar-refractivity contribution is 0.329. The molecule has 1 atom stereocenters. The lowest BCUT2D eigenvalue weighted by atomic mass is 9.87. The third kappa shape index (κ3) is 4.65. The van der Waals surface area contributed by atoms with Gasteiger partial charge in [0.15, 0.2) is 5.96 Å². The number of hydrogen-bond acceptors (Lipinski definition) is 2. The number of para-hydroxylation sites is 1. The Kier molecular flexibility index (Phi) is 6.00. The highest BCUT2D eigenvalue weighted by Crippen LogP contribution is 2.24. The molecular weight excluding hydrogens is 296 g/mol. The van der Waals surface area contributed by atoms with Gasteiger partial charge in [0.25, 0.3) is 0 Å². The van der Waals surface area contributed by atoms with Crippen LogP contribution in [0.15, 0.2) is 35.3 Å². The highest BCUT2D eigenvalue weighted by Gasteiger charge is 2.23. The van der Waals surface area contributed by atoms with E-state index in [-0.39, 0.29) is 0 Å². The van der Waals surface area contributed by atoms with Crippen LogP contribution in [-0.2, 0) is 0 Å². The predicted octanol–water partition coefficient (Wildman–Crippen LogP) is 3.26. The summed E-state index contributed by atoms with van der Waals surface area (Å²) in [5.41, 5.74) is 1.35. The lowest BCUT2D eigenvalue weighted by Crippen LogP contribution is -2.46. The summed E-state index contributed by atoms with van der Waals surface area (Å²) in [5, 5.41) is 7.17. The molecule has 1 aromatic rings. The summed E-state index contributed by atoms with van der Waals surface area (Å²) in [7, 11) is 1.88. The van der Waals surface area contributed by atoms with Gasteiger partial charge < -0.3 is 15.5 Å². The maximum Gasteiger partial charge on any atom is 0.191 e. The Morgan fingerprint density at radius 2 is 1.88 bits per heavy atom. The highest BCUT2D eigenvalue weighted by atomic mass is 15.2. The maximum absolute atomic E-state index is 4.42. The summed E-state index contributed by atoms with van der Waals surface area (Å²) in [5.74, 6) is 2.56. The van der Waals surface area contributed by atoms with Gasteiger partial charge in [-0.3, -0.25) is 4.99 Å². The first-order valence-electron chi connectivity index (χ1n) is 9.51. The minimum atomic E-state index is 0.594. The van der Waals surface area contributed by atoms with Gasteiger partial charge in [-0.25, -0.2) is 0 Å². The molecule has 4 heteroatoms. The standard InChI is InChI=1S/C20H32N4/c1-16-8-10-18(11-9-16)23-20(21-2)22-14-17-12-13-24(15-17)19-6-4-3-5-7-19/h3-7,16-18H,8-15H2,1-2H3,(H2,21,22,23). The van der Waals surface area contributed by atoms with E-state index in [1.165, 1.54) is 37.8 Å². The Morgan fingerprint density at radius 3 is 2.58 bits per heavy atom. The molecule has 0 radical (unpaired) electrons. The maximum atomic E-state index is 4.42. The van der Waals surface area contributed by atoms with Crippen LogP contribution >= 0.6 is 0 Å². The van der Waals surface area contributed by atoms with Gasteiger partial charge in [0.05, 0.1) is 0 Å². The molecule has 4 nitrogen and oxygen atoms in total. The average Bonchev–Trinajstić information content (AvgIpc) is 3.10. The minimum Gasteiger partial charge on any atom is -0.371 e. The topological polar surface area (TPSA) is 39.7 Å². The predicted molar refractivity (Wildman–Crippen MR) is 103 cm³/mol. The van der Waals surface area contributed by atoms with Crippen molar-refractivity contribution in [2.24, 2.45) is 16.8 Å². The van der Waals surface area contributed by atoms with Crippen molar-refractivity contribution in [1.82, 2.24) is 10.6 Å². The van der Waals surface area contributed by atoms with Gasteiger partial charge in [0.2, 0.25) is 0 Å². The minimum absolute atomic E-state index is 0.594. The Bertz CT molecular complexity index is 520. The van der Waals surface area contributed by atoms with Crippen molar-refractivity contribution < 1.29 is 0 Å². The molecule has 0 spiro atoms. The van der Waals surface area contributed by atoms with Crippen molar-refractivity contribution >= 4 is 11.6 Å². The van der Waals surface area contributed by atoms with Crippen molar-refractivity contribution in [1.29, 1.82) is 0 Å². The van der Waals surface area contributed by atoms with Crippen LogP contribution in [0.1, 0.15) is 39.0 Å². The Morgan fingerprint density at radius 1 is 1.12 bits per heavy atom. The first kappa shape index (κ1) is 17.1. The number of guanidine groups is 1. The van der Waals surface area contributed by atoms with Crippen LogP contribution in [0.4, 0.5) is 5.69 Å². The van der Waals surface area contributed by atoms with E-state index in [0.29, 0.717) is 12.0 Å². The van der Waals surface area contributed by atoms with E-state index in [1.54, 1.807) is 0 Å². The largest absolute Gasteiger partial charge is 0.371 e. The van der Waals surface area contributed by atoms with E-state index in [1.807, 2.05) is 7.05 Å². The van der Waals surface area contributed by atoms with Crippen molar-refractivity contribution in [2.45, 2.75) is 45.1 Å². The second-order valence-corrected chi connectivity index (χ2v) is 7.49. The fraction of sp³-hybridized carbons (Fsp3) is 0.650. The number of nitrogens with zero attached hydrogens (tertiary/aromatic N) is 2. The number of hydrogen-bond donors (Lipinski definition) is 2. The molecule has 2 N–H and O–H groups in total. The third-order valence-corrected chi connectivity index (χ3v) is 5.55. The quantitative estimate of drug-likeness (QED) is 0.658. The zero-order valence-electron chi connectivity index (χ0n) is 15.2. The van der Waals surface area contributed by atoms with Gasteiger partial charge in [-0.15, -0.1) is 0 Å². The second-order valence-electron chi connectivity index (χ2n) is 7.49. The molecule has 0 amide bonds. The van der Waals surface area contributed by atoms with Crippen molar-refractivity contribution in [3.05, 3.63) is 30.3 Å². The van der Waals surface area contributed by atoms with Crippen LogP contribution in [0.25, 0.3) is 0 Å². The van der Waals surface area contributed by atoms with E-state index in [9.17, 15) is 0 Å². The molecule has 2 fully saturated rings.